The Labute approximate surface area is 128 Å². The van der Waals surface area contributed by atoms with Gasteiger partial charge in [0.15, 0.2) is 0 Å². The highest BCUT2D eigenvalue weighted by molar-refractivity contribution is 5.96. The van der Waals surface area contributed by atoms with Crippen molar-refractivity contribution in [1.29, 1.82) is 0 Å². The van der Waals surface area contributed by atoms with Crippen molar-refractivity contribution in [1.82, 2.24) is 5.32 Å². The minimum atomic E-state index is -0.236. The Bertz CT molecular complexity index is 496. The van der Waals surface area contributed by atoms with Crippen LogP contribution in [0.1, 0.15) is 52.5 Å². The summed E-state index contributed by atoms with van der Waals surface area (Å²) in [5.41, 5.74) is 1.93. The smallest absolute Gasteiger partial charge is 0.231 e. The summed E-state index contributed by atoms with van der Waals surface area (Å²) in [6.45, 7) is 10.4. The van der Waals surface area contributed by atoms with Crippen molar-refractivity contribution < 1.29 is 4.79 Å². The largest absolute Gasteiger partial charge is 0.325 e. The number of amides is 1. The van der Waals surface area contributed by atoms with Crippen LogP contribution in [0.4, 0.5) is 5.69 Å². The van der Waals surface area contributed by atoms with E-state index in [1.54, 1.807) is 0 Å². The van der Waals surface area contributed by atoms with Crippen molar-refractivity contribution in [3.63, 3.8) is 0 Å². The van der Waals surface area contributed by atoms with E-state index in [0.29, 0.717) is 0 Å². The van der Waals surface area contributed by atoms with Gasteiger partial charge in [-0.05, 0) is 36.4 Å². The van der Waals surface area contributed by atoms with Gasteiger partial charge in [0.1, 0.15) is 0 Å². The van der Waals surface area contributed by atoms with Crippen LogP contribution in [0.5, 0.6) is 0 Å². The zero-order valence-electron chi connectivity index (χ0n) is 13.8. The fourth-order valence-corrected chi connectivity index (χ4v) is 3.24. The van der Waals surface area contributed by atoms with Gasteiger partial charge in [0, 0.05) is 12.2 Å². The number of benzene rings is 1. The Morgan fingerprint density at radius 2 is 2.05 bits per heavy atom. The molecule has 0 aliphatic carbocycles. The van der Waals surface area contributed by atoms with Gasteiger partial charge in [0.05, 0.1) is 5.41 Å². The molecule has 0 radical (unpaired) electrons. The predicted molar refractivity (Wildman–Crippen MR) is 88.6 cm³/mol. The topological polar surface area (TPSA) is 41.1 Å². The molecule has 1 saturated heterocycles. The summed E-state index contributed by atoms with van der Waals surface area (Å²) in [5.74, 6) is 0.172. The molecule has 1 aliphatic heterocycles. The number of anilines is 1. The Morgan fingerprint density at radius 1 is 1.33 bits per heavy atom. The van der Waals surface area contributed by atoms with E-state index >= 15 is 0 Å². The van der Waals surface area contributed by atoms with E-state index < -0.39 is 0 Å². The van der Waals surface area contributed by atoms with Gasteiger partial charge in [-0.15, -0.1) is 0 Å². The Balaban J connectivity index is 2.23. The van der Waals surface area contributed by atoms with Crippen LogP contribution in [0.15, 0.2) is 24.3 Å². The highest BCUT2D eigenvalue weighted by Gasteiger charge is 2.40. The highest BCUT2D eigenvalue weighted by Crippen LogP contribution is 2.35. The highest BCUT2D eigenvalue weighted by atomic mass is 16.2. The van der Waals surface area contributed by atoms with Gasteiger partial charge in [-0.25, -0.2) is 0 Å². The maximum Gasteiger partial charge on any atom is 0.231 e. The SMILES string of the molecule is CCCC1(C(=O)Nc2ccccc2C(C)(C)C)CCNC1. The van der Waals surface area contributed by atoms with Gasteiger partial charge in [-0.2, -0.15) is 0 Å². The Hall–Kier alpha value is -1.35. The van der Waals surface area contributed by atoms with Crippen LogP contribution in [0.25, 0.3) is 0 Å². The van der Waals surface area contributed by atoms with Crippen LogP contribution >= 0.6 is 0 Å². The third-order valence-corrected chi connectivity index (χ3v) is 4.44. The first kappa shape index (κ1) is 16.0. The predicted octanol–water partition coefficient (Wildman–Crippen LogP) is 3.70. The van der Waals surface area contributed by atoms with Crippen molar-refractivity contribution in [2.45, 2.75) is 52.4 Å². The molecule has 1 aromatic carbocycles. The summed E-state index contributed by atoms with van der Waals surface area (Å²) in [4.78, 5) is 12.9. The molecule has 1 atom stereocenters. The van der Waals surface area contributed by atoms with E-state index in [9.17, 15) is 4.79 Å². The second-order valence-electron chi connectivity index (χ2n) is 7.21. The molecule has 1 heterocycles. The molecule has 3 nitrogen and oxygen atoms in total. The zero-order valence-corrected chi connectivity index (χ0v) is 13.8. The van der Waals surface area contributed by atoms with E-state index in [1.165, 1.54) is 5.56 Å². The molecule has 3 heteroatoms. The summed E-state index contributed by atoms with van der Waals surface area (Å²) in [7, 11) is 0. The lowest BCUT2D eigenvalue weighted by Gasteiger charge is -2.29. The first-order chi connectivity index (χ1) is 9.89. The molecular formula is C18H28N2O. The molecule has 1 aromatic rings. The molecule has 2 N–H and O–H groups in total. The monoisotopic (exact) mass is 288 g/mol. The van der Waals surface area contributed by atoms with E-state index in [1.807, 2.05) is 18.2 Å². The van der Waals surface area contributed by atoms with Crippen LogP contribution in [0, 0.1) is 5.41 Å². The fraction of sp³-hybridized carbons (Fsp3) is 0.611. The average molecular weight is 288 g/mol. The van der Waals surface area contributed by atoms with E-state index in [2.05, 4.69) is 44.4 Å². The van der Waals surface area contributed by atoms with Gasteiger partial charge in [-0.3, -0.25) is 4.79 Å². The summed E-state index contributed by atoms with van der Waals surface area (Å²) in [6.07, 6.45) is 2.92. The third kappa shape index (κ3) is 3.46. The number of carbonyl (C=O) groups excluding carboxylic acids is 1. The number of carbonyl (C=O) groups is 1. The van der Waals surface area contributed by atoms with Crippen LogP contribution in [0.3, 0.4) is 0 Å². The van der Waals surface area contributed by atoms with Crippen molar-refractivity contribution in [2.75, 3.05) is 18.4 Å². The van der Waals surface area contributed by atoms with Crippen molar-refractivity contribution in [2.24, 2.45) is 5.41 Å². The lowest BCUT2D eigenvalue weighted by atomic mass is 9.81. The molecular weight excluding hydrogens is 260 g/mol. The van der Waals surface area contributed by atoms with E-state index in [4.69, 9.17) is 0 Å². The molecule has 1 fully saturated rings. The quantitative estimate of drug-likeness (QED) is 0.887. The Kier molecular flexibility index (Phi) is 4.72. The molecule has 21 heavy (non-hydrogen) atoms. The molecule has 0 spiro atoms. The van der Waals surface area contributed by atoms with Crippen molar-refractivity contribution in [3.05, 3.63) is 29.8 Å². The zero-order chi connectivity index (χ0) is 15.5. The number of hydrogen-bond acceptors (Lipinski definition) is 2. The van der Waals surface area contributed by atoms with Crippen LogP contribution in [-0.2, 0) is 10.2 Å². The number of para-hydroxylation sites is 1. The third-order valence-electron chi connectivity index (χ3n) is 4.44. The van der Waals surface area contributed by atoms with Gasteiger partial charge in [0.25, 0.3) is 0 Å². The van der Waals surface area contributed by atoms with Crippen LogP contribution in [-0.4, -0.2) is 19.0 Å². The average Bonchev–Trinajstić information content (AvgIpc) is 2.88. The second kappa shape index (κ2) is 6.18. The summed E-state index contributed by atoms with van der Waals surface area (Å²) >= 11 is 0. The first-order valence-corrected chi connectivity index (χ1v) is 8.01. The van der Waals surface area contributed by atoms with Gasteiger partial charge < -0.3 is 10.6 Å². The van der Waals surface area contributed by atoms with Crippen LogP contribution in [0.2, 0.25) is 0 Å². The summed E-state index contributed by atoms with van der Waals surface area (Å²) < 4.78 is 0. The fourth-order valence-electron chi connectivity index (χ4n) is 3.24. The number of nitrogens with one attached hydrogen (secondary N) is 2. The standard InChI is InChI=1S/C18H28N2O/c1-5-10-18(11-12-19-13-18)16(21)20-15-9-7-6-8-14(15)17(2,3)4/h6-9,19H,5,10-13H2,1-4H3,(H,20,21). The van der Waals surface area contributed by atoms with Gasteiger partial charge >= 0.3 is 0 Å². The molecule has 1 unspecified atom stereocenters. The summed E-state index contributed by atoms with van der Waals surface area (Å²) in [5, 5.41) is 6.55. The maximum absolute atomic E-state index is 12.9. The van der Waals surface area contributed by atoms with Crippen LogP contribution < -0.4 is 10.6 Å². The number of rotatable bonds is 4. The van der Waals surface area contributed by atoms with Crippen molar-refractivity contribution in [3.8, 4) is 0 Å². The molecule has 0 saturated carbocycles. The minimum absolute atomic E-state index is 0.0235. The lowest BCUT2D eigenvalue weighted by Crippen LogP contribution is -2.38. The molecule has 1 amide bonds. The molecule has 0 aromatic heterocycles. The molecule has 0 bridgehead atoms. The molecule has 116 valence electrons. The molecule has 2 rings (SSSR count). The Morgan fingerprint density at radius 3 is 2.62 bits per heavy atom. The second-order valence-corrected chi connectivity index (χ2v) is 7.21. The van der Waals surface area contributed by atoms with Gasteiger partial charge in [0.2, 0.25) is 5.91 Å². The maximum atomic E-state index is 12.9. The van der Waals surface area contributed by atoms with E-state index in [0.717, 1.165) is 38.0 Å². The van der Waals surface area contributed by atoms with Crippen molar-refractivity contribution >= 4 is 11.6 Å². The first-order valence-electron chi connectivity index (χ1n) is 8.01. The molecule has 1 aliphatic rings. The lowest BCUT2D eigenvalue weighted by molar-refractivity contribution is -0.125. The minimum Gasteiger partial charge on any atom is -0.325 e. The van der Waals surface area contributed by atoms with Gasteiger partial charge in [-0.1, -0.05) is 52.3 Å². The van der Waals surface area contributed by atoms with E-state index in [-0.39, 0.29) is 16.7 Å². The summed E-state index contributed by atoms with van der Waals surface area (Å²) in [6, 6.07) is 8.15. The number of hydrogen-bond donors (Lipinski definition) is 2. The normalized spacial score (nSPS) is 22.3.